The maximum Gasteiger partial charge on any atom is 0.341 e. The van der Waals surface area contributed by atoms with E-state index in [9.17, 15) is 4.79 Å². The number of aliphatic carboxylic acids is 1. The number of thioether (sulfide) groups is 1. The molecule has 0 heterocycles. The minimum absolute atomic E-state index is 0.316. The van der Waals surface area contributed by atoms with Crippen LogP contribution in [0.4, 0.5) is 0 Å². The first kappa shape index (κ1) is 19.1. The van der Waals surface area contributed by atoms with E-state index in [1.807, 2.05) is 25.1 Å². The molecule has 0 atom stereocenters. The zero-order chi connectivity index (χ0) is 18.2. The number of ether oxygens (including phenoxy) is 1. The predicted molar refractivity (Wildman–Crippen MR) is 104 cm³/mol. The Labute approximate surface area is 153 Å². The largest absolute Gasteiger partial charge is 0.482 e. The van der Waals surface area contributed by atoms with Crippen LogP contribution in [0.3, 0.4) is 0 Å². The molecule has 0 aliphatic rings. The van der Waals surface area contributed by atoms with Gasteiger partial charge < -0.3 is 9.84 Å². The lowest BCUT2D eigenvalue weighted by molar-refractivity contribution is -0.139. The maximum absolute atomic E-state index is 10.6. The number of aryl methyl sites for hydroxylation is 3. The highest BCUT2D eigenvalue weighted by Crippen LogP contribution is 2.27. The molecule has 0 aliphatic carbocycles. The van der Waals surface area contributed by atoms with Gasteiger partial charge in [-0.1, -0.05) is 42.0 Å². The van der Waals surface area contributed by atoms with Gasteiger partial charge in [0, 0.05) is 10.6 Å². The first-order valence-corrected chi connectivity index (χ1v) is 9.23. The molecule has 0 bridgehead atoms. The second kappa shape index (κ2) is 9.33. The fourth-order valence-electron chi connectivity index (χ4n) is 2.35. The summed E-state index contributed by atoms with van der Waals surface area (Å²) in [7, 11) is 0. The van der Waals surface area contributed by atoms with Crippen LogP contribution in [-0.2, 0) is 11.2 Å². The minimum Gasteiger partial charge on any atom is -0.482 e. The summed E-state index contributed by atoms with van der Waals surface area (Å²) in [5, 5.41) is 8.67. The fraction of sp³-hybridized carbons (Fsp3) is 0.286. The molecule has 1 N–H and O–H groups in total. The highest BCUT2D eigenvalue weighted by Gasteiger charge is 2.05. The van der Waals surface area contributed by atoms with Crippen LogP contribution in [0.15, 0.2) is 59.5 Å². The SMILES string of the molecule is C=C(CCc1ccc(C)cc1)CSc1ccc(OCC(=O)O)c(C)c1. The molecule has 132 valence electrons. The van der Waals surface area contributed by atoms with Crippen molar-refractivity contribution in [2.24, 2.45) is 0 Å². The molecule has 0 saturated heterocycles. The first-order chi connectivity index (χ1) is 11.9. The predicted octanol–water partition coefficient (Wildman–Crippen LogP) is 5.05. The number of rotatable bonds is 9. The van der Waals surface area contributed by atoms with E-state index in [4.69, 9.17) is 9.84 Å². The summed E-state index contributed by atoms with van der Waals surface area (Å²) in [4.78, 5) is 11.7. The monoisotopic (exact) mass is 356 g/mol. The molecule has 0 spiro atoms. The molecule has 0 unspecified atom stereocenters. The van der Waals surface area contributed by atoms with Gasteiger partial charge >= 0.3 is 5.97 Å². The van der Waals surface area contributed by atoms with Gasteiger partial charge in [0.2, 0.25) is 0 Å². The van der Waals surface area contributed by atoms with Crippen molar-refractivity contribution in [3.8, 4) is 5.75 Å². The van der Waals surface area contributed by atoms with Gasteiger partial charge in [-0.25, -0.2) is 4.79 Å². The van der Waals surface area contributed by atoms with E-state index >= 15 is 0 Å². The minimum atomic E-state index is -0.970. The molecule has 0 aromatic heterocycles. The molecular formula is C21H24O3S. The number of carbonyl (C=O) groups is 1. The zero-order valence-corrected chi connectivity index (χ0v) is 15.6. The van der Waals surface area contributed by atoms with Crippen molar-refractivity contribution in [3.63, 3.8) is 0 Å². The summed E-state index contributed by atoms with van der Waals surface area (Å²) < 4.78 is 5.25. The maximum atomic E-state index is 10.6. The molecule has 2 aromatic carbocycles. The number of hydrogen-bond acceptors (Lipinski definition) is 3. The molecule has 0 aliphatic heterocycles. The summed E-state index contributed by atoms with van der Waals surface area (Å²) >= 11 is 1.74. The highest BCUT2D eigenvalue weighted by atomic mass is 32.2. The summed E-state index contributed by atoms with van der Waals surface area (Å²) in [5.74, 6) is 0.522. The van der Waals surface area contributed by atoms with Gasteiger partial charge in [-0.3, -0.25) is 0 Å². The molecule has 0 fully saturated rings. The Morgan fingerprint density at radius 3 is 2.52 bits per heavy atom. The second-order valence-corrected chi connectivity index (χ2v) is 7.18. The Hall–Kier alpha value is -2.20. The van der Waals surface area contributed by atoms with E-state index in [-0.39, 0.29) is 6.61 Å². The van der Waals surface area contributed by atoms with E-state index in [1.54, 1.807) is 11.8 Å². The third kappa shape index (κ3) is 6.67. The molecule has 2 aromatic rings. The van der Waals surface area contributed by atoms with Crippen LogP contribution >= 0.6 is 11.8 Å². The topological polar surface area (TPSA) is 46.5 Å². The van der Waals surface area contributed by atoms with Crippen molar-refractivity contribution in [2.45, 2.75) is 31.6 Å². The van der Waals surface area contributed by atoms with Gasteiger partial charge in [-0.15, -0.1) is 11.8 Å². The molecule has 0 amide bonds. The number of benzene rings is 2. The molecule has 4 heteroatoms. The lowest BCUT2D eigenvalue weighted by Crippen LogP contribution is -2.10. The Balaban J connectivity index is 1.79. The average Bonchev–Trinajstić information content (AvgIpc) is 2.58. The second-order valence-electron chi connectivity index (χ2n) is 6.13. The molecule has 2 rings (SSSR count). The zero-order valence-electron chi connectivity index (χ0n) is 14.7. The van der Waals surface area contributed by atoms with Crippen molar-refractivity contribution < 1.29 is 14.6 Å². The van der Waals surface area contributed by atoms with Crippen LogP contribution in [-0.4, -0.2) is 23.4 Å². The Kier molecular flexibility index (Phi) is 7.14. The standard InChI is InChI=1S/C21H24O3S/c1-15-4-7-18(8-5-15)9-6-16(2)14-25-19-10-11-20(17(3)12-19)24-13-21(22)23/h4-5,7-8,10-12H,2,6,9,13-14H2,1,3H3,(H,22,23). The number of hydrogen-bond donors (Lipinski definition) is 1. The average molecular weight is 356 g/mol. The number of carboxylic acids is 1. The van der Waals surface area contributed by atoms with Crippen molar-refractivity contribution in [3.05, 3.63) is 71.3 Å². The third-order valence-corrected chi connectivity index (χ3v) is 4.97. The summed E-state index contributed by atoms with van der Waals surface area (Å²) in [6, 6.07) is 14.4. The normalized spacial score (nSPS) is 10.5. The van der Waals surface area contributed by atoms with E-state index in [1.165, 1.54) is 16.7 Å². The van der Waals surface area contributed by atoms with Crippen LogP contribution in [0.5, 0.6) is 5.75 Å². The Morgan fingerprint density at radius 2 is 1.88 bits per heavy atom. The van der Waals surface area contributed by atoms with E-state index in [0.717, 1.165) is 29.1 Å². The van der Waals surface area contributed by atoms with Crippen LogP contribution in [0.25, 0.3) is 0 Å². The molecule has 3 nitrogen and oxygen atoms in total. The molecule has 0 radical (unpaired) electrons. The number of carboxylic acid groups (broad SMARTS) is 1. The van der Waals surface area contributed by atoms with Crippen molar-refractivity contribution in [1.82, 2.24) is 0 Å². The van der Waals surface area contributed by atoms with Crippen LogP contribution < -0.4 is 4.74 Å². The molecular weight excluding hydrogens is 332 g/mol. The first-order valence-electron chi connectivity index (χ1n) is 8.24. The molecule has 0 saturated carbocycles. The summed E-state index contributed by atoms with van der Waals surface area (Å²) in [5.41, 5.74) is 4.78. The van der Waals surface area contributed by atoms with Crippen LogP contribution in [0.1, 0.15) is 23.1 Å². The van der Waals surface area contributed by atoms with Gasteiger partial charge in [-0.05, 0) is 56.0 Å². The Bertz CT molecular complexity index is 735. The van der Waals surface area contributed by atoms with Gasteiger partial charge in [0.15, 0.2) is 6.61 Å². The van der Waals surface area contributed by atoms with Gasteiger partial charge in [0.25, 0.3) is 0 Å². The van der Waals surface area contributed by atoms with Crippen LogP contribution in [0.2, 0.25) is 0 Å². The van der Waals surface area contributed by atoms with Crippen LogP contribution in [0, 0.1) is 13.8 Å². The highest BCUT2D eigenvalue weighted by molar-refractivity contribution is 7.99. The molecule has 25 heavy (non-hydrogen) atoms. The van der Waals surface area contributed by atoms with E-state index in [2.05, 4.69) is 37.8 Å². The van der Waals surface area contributed by atoms with Gasteiger partial charge in [0.1, 0.15) is 5.75 Å². The fourth-order valence-corrected chi connectivity index (χ4v) is 3.29. The van der Waals surface area contributed by atoms with Gasteiger partial charge in [0.05, 0.1) is 0 Å². The van der Waals surface area contributed by atoms with E-state index in [0.29, 0.717) is 5.75 Å². The lowest BCUT2D eigenvalue weighted by Gasteiger charge is -2.10. The van der Waals surface area contributed by atoms with Gasteiger partial charge in [-0.2, -0.15) is 0 Å². The van der Waals surface area contributed by atoms with Crippen molar-refractivity contribution in [1.29, 1.82) is 0 Å². The Morgan fingerprint density at radius 1 is 1.16 bits per heavy atom. The van der Waals surface area contributed by atoms with E-state index < -0.39 is 5.97 Å². The smallest absolute Gasteiger partial charge is 0.341 e. The third-order valence-electron chi connectivity index (χ3n) is 3.83. The lowest BCUT2D eigenvalue weighted by atomic mass is 10.1. The van der Waals surface area contributed by atoms with Crippen molar-refractivity contribution in [2.75, 3.05) is 12.4 Å². The summed E-state index contributed by atoms with van der Waals surface area (Å²) in [6.07, 6.45) is 2.00. The quantitative estimate of drug-likeness (QED) is 0.504. The summed E-state index contributed by atoms with van der Waals surface area (Å²) in [6.45, 7) is 7.88. The van der Waals surface area contributed by atoms with Crippen molar-refractivity contribution >= 4 is 17.7 Å².